The van der Waals surface area contributed by atoms with Crippen molar-refractivity contribution in [3.05, 3.63) is 11.6 Å². The van der Waals surface area contributed by atoms with Crippen molar-refractivity contribution in [3.8, 4) is 0 Å². The van der Waals surface area contributed by atoms with E-state index in [1.165, 1.54) is 0 Å². The molecule has 0 aromatic carbocycles. The van der Waals surface area contributed by atoms with Gasteiger partial charge in [-0.05, 0) is 36.4 Å². The first-order valence-electron chi connectivity index (χ1n) is 6.63. The van der Waals surface area contributed by atoms with Gasteiger partial charge in [0.05, 0.1) is 17.1 Å². The van der Waals surface area contributed by atoms with Crippen LogP contribution in [0.1, 0.15) is 0 Å². The fraction of sp³-hybridized carbons (Fsp3) is 0.750. The van der Waals surface area contributed by atoms with E-state index in [0.29, 0.717) is 0 Å². The quantitative estimate of drug-likeness (QED) is 0.332. The lowest BCUT2D eigenvalue weighted by atomic mass is 10.8. The van der Waals surface area contributed by atoms with Crippen LogP contribution in [0.25, 0.3) is 0 Å². The van der Waals surface area contributed by atoms with E-state index in [1.807, 2.05) is 22.8 Å². The molecular weight excluding hydrogens is 415 g/mol. The van der Waals surface area contributed by atoms with E-state index in [2.05, 4.69) is 71.1 Å². The molecule has 2 spiro atoms. The third-order valence-electron chi connectivity index (χ3n) is 3.45. The van der Waals surface area contributed by atoms with Gasteiger partial charge in [-0.2, -0.15) is 0 Å². The van der Waals surface area contributed by atoms with Crippen LogP contribution < -0.4 is 24.7 Å². The van der Waals surface area contributed by atoms with Crippen molar-refractivity contribution in [2.75, 3.05) is 38.9 Å². The topological polar surface area (TPSA) is 66.6 Å². The van der Waals surface area contributed by atoms with E-state index in [9.17, 15) is 0 Å². The van der Waals surface area contributed by atoms with Crippen LogP contribution in [0.2, 0.25) is 0 Å². The third kappa shape index (κ3) is 3.32. The van der Waals surface area contributed by atoms with Crippen LogP contribution in [0.5, 0.6) is 0 Å². The number of nitrogens with zero attached hydrogens (tertiary/aromatic N) is 2. The Morgan fingerprint density at radius 3 is 2.23 bits per heavy atom. The second-order valence-electron chi connectivity index (χ2n) is 4.69. The lowest BCUT2D eigenvalue weighted by Gasteiger charge is -2.41. The maximum absolute atomic E-state index is 4.00. The molecule has 0 radical (unpaired) electrons. The van der Waals surface area contributed by atoms with Crippen LogP contribution in [0.3, 0.4) is 0 Å². The zero-order chi connectivity index (χ0) is 15.8. The first-order chi connectivity index (χ1) is 10.5. The van der Waals surface area contributed by atoms with Crippen molar-refractivity contribution in [2.24, 2.45) is 0 Å². The second-order valence-corrected chi connectivity index (χ2v) is 20.7. The van der Waals surface area contributed by atoms with Crippen molar-refractivity contribution in [1.82, 2.24) is 32.9 Å². The van der Waals surface area contributed by atoms with E-state index in [0.717, 1.165) is 12.3 Å². The Morgan fingerprint density at radius 1 is 1.05 bits per heavy atom. The molecule has 2 unspecified atom stereocenters. The predicted molar refractivity (Wildman–Crippen MR) is 113 cm³/mol. The van der Waals surface area contributed by atoms with Gasteiger partial charge in [-0.3, -0.25) is 0 Å². The molecule has 14 heteroatoms. The first kappa shape index (κ1) is 18.8. The molecule has 2 atom stereocenters. The van der Waals surface area contributed by atoms with Crippen molar-refractivity contribution in [3.63, 3.8) is 0 Å². The molecule has 0 bridgehead atoms. The molecule has 126 valence electrons. The Kier molecular flexibility index (Phi) is 6.24. The Labute approximate surface area is 151 Å². The molecule has 0 aromatic heterocycles. The maximum atomic E-state index is 4.00. The molecule has 3 aliphatic rings. The minimum atomic E-state index is -1.88. The molecule has 0 aromatic rings. The molecule has 0 saturated carbocycles. The summed E-state index contributed by atoms with van der Waals surface area (Å²) in [5.41, 5.74) is 0. The lowest BCUT2D eigenvalue weighted by molar-refractivity contribution is 0.738. The van der Waals surface area contributed by atoms with E-state index in [-0.39, 0.29) is 0 Å². The SMILES string of the molecule is CSN(C)[P+]1(N(C)SC)N[P+]2(NC=CS2)N[P+]2(NCCS2)N1. The molecule has 3 rings (SSSR count). The first-order valence-corrected chi connectivity index (χ1v) is 17.3. The summed E-state index contributed by atoms with van der Waals surface area (Å²) in [6, 6.07) is 0. The molecule has 0 aliphatic carbocycles. The van der Waals surface area contributed by atoms with E-state index in [1.54, 1.807) is 23.9 Å². The fourth-order valence-electron chi connectivity index (χ4n) is 2.28. The van der Waals surface area contributed by atoms with Gasteiger partial charge in [-0.1, -0.05) is 8.15 Å². The standard InChI is InChI=1S/C8H23N7P3S4/c1-14(19-3)18(15(2)20-4)12-16(9-5-7-21-16)11-17(13-18)10-6-8-22-17/h5,7,9-13H,6,8H2,1-4H3/q+3. The summed E-state index contributed by atoms with van der Waals surface area (Å²) < 4.78 is 4.74. The average Bonchev–Trinajstić information content (AvgIpc) is 3.15. The van der Waals surface area contributed by atoms with E-state index < -0.39 is 21.7 Å². The van der Waals surface area contributed by atoms with Crippen LogP contribution in [0, 0.1) is 0 Å². The van der Waals surface area contributed by atoms with Crippen LogP contribution in [-0.4, -0.2) is 47.1 Å². The minimum absolute atomic E-state index is 1.06. The van der Waals surface area contributed by atoms with Crippen molar-refractivity contribution < 1.29 is 0 Å². The Morgan fingerprint density at radius 2 is 1.73 bits per heavy atom. The van der Waals surface area contributed by atoms with Gasteiger partial charge in [0.15, 0.2) is 0 Å². The number of hydrogen-bond acceptors (Lipinski definition) is 11. The summed E-state index contributed by atoms with van der Waals surface area (Å²) in [6.45, 7) is -2.30. The molecular formula is C8H23N7P3S4+3. The summed E-state index contributed by atoms with van der Waals surface area (Å²) in [5, 5.41) is 9.50. The average molecular weight is 439 g/mol. The monoisotopic (exact) mass is 438 g/mol. The van der Waals surface area contributed by atoms with Gasteiger partial charge in [-0.15, -0.1) is 5.09 Å². The smallest absolute Gasteiger partial charge is 0.221 e. The number of hydrogen-bond donors (Lipinski definition) is 5. The van der Waals surface area contributed by atoms with Gasteiger partial charge in [-0.25, -0.2) is 5.09 Å². The molecule has 3 heterocycles. The summed E-state index contributed by atoms with van der Waals surface area (Å²) in [6.07, 6.45) is 6.34. The molecule has 3 aliphatic heterocycles. The van der Waals surface area contributed by atoms with Crippen LogP contribution in [0.15, 0.2) is 11.6 Å². The normalized spacial score (nSPS) is 36.8. The summed E-state index contributed by atoms with van der Waals surface area (Å²) in [4.78, 5) is 11.9. The minimum Gasteiger partial charge on any atom is -0.221 e. The van der Waals surface area contributed by atoms with Crippen LogP contribution in [0.4, 0.5) is 0 Å². The third-order valence-corrected chi connectivity index (χ3v) is 24.5. The highest BCUT2D eigenvalue weighted by molar-refractivity contribution is 8.69. The van der Waals surface area contributed by atoms with Crippen LogP contribution in [-0.2, 0) is 0 Å². The van der Waals surface area contributed by atoms with Crippen molar-refractivity contribution in [2.45, 2.75) is 0 Å². The van der Waals surface area contributed by atoms with Gasteiger partial charge < -0.3 is 0 Å². The molecule has 22 heavy (non-hydrogen) atoms. The lowest BCUT2D eigenvalue weighted by Crippen LogP contribution is -2.52. The fourth-order valence-corrected chi connectivity index (χ4v) is 28.2. The Balaban J connectivity index is 1.99. The number of rotatable bonds is 4. The van der Waals surface area contributed by atoms with Gasteiger partial charge in [0.2, 0.25) is 0 Å². The largest absolute Gasteiger partial charge is 0.398 e. The van der Waals surface area contributed by atoms with Crippen molar-refractivity contribution in [1.29, 1.82) is 0 Å². The highest BCUT2D eigenvalue weighted by Gasteiger charge is 2.78. The van der Waals surface area contributed by atoms with Gasteiger partial charge in [0, 0.05) is 46.8 Å². The molecule has 2 saturated heterocycles. The zero-order valence-electron chi connectivity index (χ0n) is 12.9. The summed E-state index contributed by atoms with van der Waals surface area (Å²) in [7, 11) is 2.48. The zero-order valence-corrected chi connectivity index (χ0v) is 18.9. The van der Waals surface area contributed by atoms with E-state index in [4.69, 9.17) is 0 Å². The highest BCUT2D eigenvalue weighted by atomic mass is 32.8. The molecule has 0 amide bonds. The molecule has 2 fully saturated rings. The van der Waals surface area contributed by atoms with Crippen LogP contribution >= 0.6 is 68.4 Å². The van der Waals surface area contributed by atoms with Crippen molar-refractivity contribution >= 4 is 68.4 Å². The Bertz CT molecular complexity index is 425. The summed E-state index contributed by atoms with van der Waals surface area (Å²) in [5.74, 6) is 1.15. The highest BCUT2D eigenvalue weighted by Crippen LogP contribution is 2.88. The number of nitrogens with one attached hydrogen (secondary N) is 5. The van der Waals surface area contributed by atoms with Gasteiger partial charge in [0.25, 0.3) is 0 Å². The van der Waals surface area contributed by atoms with Gasteiger partial charge in [0.1, 0.15) is 11.4 Å². The Hall–Kier alpha value is 1.99. The second kappa shape index (κ2) is 7.31. The predicted octanol–water partition coefficient (Wildman–Crippen LogP) is 3.37. The maximum Gasteiger partial charge on any atom is 0.398 e. The summed E-state index contributed by atoms with van der Waals surface area (Å²) >= 11 is 7.45. The van der Waals surface area contributed by atoms with E-state index >= 15 is 0 Å². The molecule has 5 N–H and O–H groups in total. The molecule has 7 nitrogen and oxygen atoms in total. The van der Waals surface area contributed by atoms with Gasteiger partial charge >= 0.3 is 21.7 Å².